The van der Waals surface area contributed by atoms with Crippen LogP contribution in [0.15, 0.2) is 0 Å². The molecule has 1 fully saturated rings. The minimum absolute atomic E-state index is 0.303. The predicted octanol–water partition coefficient (Wildman–Crippen LogP) is 1.96. The fraction of sp³-hybridized carbons (Fsp3) is 1.00. The van der Waals surface area contributed by atoms with Crippen LogP contribution >= 0.6 is 0 Å². The van der Waals surface area contributed by atoms with Gasteiger partial charge in [0.25, 0.3) is 0 Å². The van der Waals surface area contributed by atoms with Crippen molar-refractivity contribution in [3.05, 3.63) is 0 Å². The summed E-state index contributed by atoms with van der Waals surface area (Å²) in [5, 5.41) is 3.56. The summed E-state index contributed by atoms with van der Waals surface area (Å²) in [5.74, 6) is 0. The minimum Gasteiger partial charge on any atom is -0.380 e. The van der Waals surface area contributed by atoms with Gasteiger partial charge in [-0.05, 0) is 26.2 Å². The lowest BCUT2D eigenvalue weighted by atomic mass is 10.00. The van der Waals surface area contributed by atoms with E-state index in [1.54, 1.807) is 7.11 Å². The van der Waals surface area contributed by atoms with Crippen LogP contribution in [0.3, 0.4) is 0 Å². The zero-order chi connectivity index (χ0) is 11.1. The van der Waals surface area contributed by atoms with E-state index < -0.39 is 0 Å². The molecule has 3 nitrogen and oxygen atoms in total. The SMILES string of the molecule is CCCC1CC(NCC(C)OC)CCO1. The first-order valence-electron chi connectivity index (χ1n) is 6.14. The van der Waals surface area contributed by atoms with Gasteiger partial charge in [0.15, 0.2) is 0 Å². The van der Waals surface area contributed by atoms with Crippen molar-refractivity contribution in [1.29, 1.82) is 0 Å². The van der Waals surface area contributed by atoms with Crippen molar-refractivity contribution in [3.8, 4) is 0 Å². The van der Waals surface area contributed by atoms with Gasteiger partial charge in [0.2, 0.25) is 0 Å². The molecule has 0 saturated carbocycles. The zero-order valence-electron chi connectivity index (χ0n) is 10.3. The highest BCUT2D eigenvalue weighted by atomic mass is 16.5. The van der Waals surface area contributed by atoms with E-state index in [0.29, 0.717) is 18.2 Å². The summed E-state index contributed by atoms with van der Waals surface area (Å²) in [4.78, 5) is 0. The molecule has 1 aliphatic rings. The highest BCUT2D eigenvalue weighted by Crippen LogP contribution is 2.17. The number of nitrogens with one attached hydrogen (secondary N) is 1. The Morgan fingerprint density at radius 2 is 2.33 bits per heavy atom. The van der Waals surface area contributed by atoms with E-state index in [0.717, 1.165) is 26.0 Å². The van der Waals surface area contributed by atoms with Crippen molar-refractivity contribution in [2.45, 2.75) is 57.8 Å². The Labute approximate surface area is 93.5 Å². The lowest BCUT2D eigenvalue weighted by molar-refractivity contribution is -0.00562. The van der Waals surface area contributed by atoms with E-state index in [4.69, 9.17) is 9.47 Å². The molecule has 15 heavy (non-hydrogen) atoms. The Morgan fingerprint density at radius 3 is 3.00 bits per heavy atom. The lowest BCUT2D eigenvalue weighted by Crippen LogP contribution is -2.41. The number of hydrogen-bond acceptors (Lipinski definition) is 3. The molecule has 0 amide bonds. The maximum Gasteiger partial charge on any atom is 0.0667 e. The second-order valence-electron chi connectivity index (χ2n) is 4.46. The first-order valence-corrected chi connectivity index (χ1v) is 6.14. The third-order valence-corrected chi connectivity index (χ3v) is 3.07. The van der Waals surface area contributed by atoms with E-state index >= 15 is 0 Å². The third kappa shape index (κ3) is 4.96. The Bertz CT molecular complexity index is 162. The van der Waals surface area contributed by atoms with E-state index in [2.05, 4.69) is 19.2 Å². The second-order valence-corrected chi connectivity index (χ2v) is 4.46. The van der Waals surface area contributed by atoms with Crippen molar-refractivity contribution in [3.63, 3.8) is 0 Å². The van der Waals surface area contributed by atoms with Gasteiger partial charge in [-0.3, -0.25) is 0 Å². The minimum atomic E-state index is 0.303. The summed E-state index contributed by atoms with van der Waals surface area (Å²) in [6, 6.07) is 0.618. The van der Waals surface area contributed by atoms with Crippen LogP contribution in [-0.2, 0) is 9.47 Å². The molecule has 0 radical (unpaired) electrons. The first-order chi connectivity index (χ1) is 7.26. The molecule has 1 rings (SSSR count). The number of methoxy groups -OCH3 is 1. The van der Waals surface area contributed by atoms with Crippen LogP contribution in [0.25, 0.3) is 0 Å². The number of rotatable bonds is 6. The van der Waals surface area contributed by atoms with E-state index in [1.807, 2.05) is 0 Å². The fourth-order valence-electron chi connectivity index (χ4n) is 2.00. The maximum atomic E-state index is 5.71. The van der Waals surface area contributed by atoms with Crippen molar-refractivity contribution < 1.29 is 9.47 Å². The number of ether oxygens (including phenoxy) is 2. The molecule has 0 spiro atoms. The van der Waals surface area contributed by atoms with Crippen molar-refractivity contribution >= 4 is 0 Å². The number of hydrogen-bond donors (Lipinski definition) is 1. The van der Waals surface area contributed by atoms with Gasteiger partial charge in [0.05, 0.1) is 12.2 Å². The zero-order valence-corrected chi connectivity index (χ0v) is 10.3. The van der Waals surface area contributed by atoms with Crippen molar-refractivity contribution in [2.75, 3.05) is 20.3 Å². The Balaban J connectivity index is 2.18. The average Bonchev–Trinajstić information content (AvgIpc) is 2.27. The van der Waals surface area contributed by atoms with Crippen LogP contribution in [0.2, 0.25) is 0 Å². The lowest BCUT2D eigenvalue weighted by Gasteiger charge is -2.30. The topological polar surface area (TPSA) is 30.5 Å². The summed E-state index contributed by atoms with van der Waals surface area (Å²) < 4.78 is 10.9. The van der Waals surface area contributed by atoms with Gasteiger partial charge in [0, 0.05) is 26.3 Å². The average molecular weight is 215 g/mol. The molecule has 0 aliphatic carbocycles. The molecule has 0 aromatic heterocycles. The van der Waals surface area contributed by atoms with Gasteiger partial charge in [0.1, 0.15) is 0 Å². The summed E-state index contributed by atoms with van der Waals surface area (Å²) >= 11 is 0. The Kier molecular flexibility index (Phi) is 6.22. The molecule has 3 unspecified atom stereocenters. The van der Waals surface area contributed by atoms with Crippen molar-refractivity contribution in [2.24, 2.45) is 0 Å². The largest absolute Gasteiger partial charge is 0.380 e. The van der Waals surface area contributed by atoms with Crippen LogP contribution < -0.4 is 5.32 Å². The normalized spacial score (nSPS) is 29.0. The second kappa shape index (κ2) is 7.20. The maximum absolute atomic E-state index is 5.71. The molecule has 3 heteroatoms. The van der Waals surface area contributed by atoms with Crippen molar-refractivity contribution in [1.82, 2.24) is 5.32 Å². The molecule has 3 atom stereocenters. The Hall–Kier alpha value is -0.120. The van der Waals surface area contributed by atoms with Gasteiger partial charge in [-0.15, -0.1) is 0 Å². The van der Waals surface area contributed by atoms with E-state index in [9.17, 15) is 0 Å². The summed E-state index contributed by atoms with van der Waals surface area (Å²) in [5.41, 5.74) is 0. The summed E-state index contributed by atoms with van der Waals surface area (Å²) in [6.45, 7) is 6.16. The third-order valence-electron chi connectivity index (χ3n) is 3.07. The molecule has 0 aromatic rings. The van der Waals surface area contributed by atoms with E-state index in [1.165, 1.54) is 12.8 Å². The monoisotopic (exact) mass is 215 g/mol. The molecule has 1 aliphatic heterocycles. The molecule has 1 saturated heterocycles. The first kappa shape index (κ1) is 12.9. The van der Waals surface area contributed by atoms with Crippen LogP contribution in [0, 0.1) is 0 Å². The Morgan fingerprint density at radius 1 is 1.53 bits per heavy atom. The molecule has 0 bridgehead atoms. The van der Waals surface area contributed by atoms with Gasteiger partial charge >= 0.3 is 0 Å². The van der Waals surface area contributed by atoms with Gasteiger partial charge in [-0.25, -0.2) is 0 Å². The van der Waals surface area contributed by atoms with E-state index in [-0.39, 0.29) is 0 Å². The highest BCUT2D eigenvalue weighted by Gasteiger charge is 2.21. The highest BCUT2D eigenvalue weighted by molar-refractivity contribution is 4.77. The van der Waals surface area contributed by atoms with Gasteiger partial charge < -0.3 is 14.8 Å². The van der Waals surface area contributed by atoms with Crippen LogP contribution in [-0.4, -0.2) is 38.5 Å². The molecular weight excluding hydrogens is 190 g/mol. The molecule has 90 valence electrons. The van der Waals surface area contributed by atoms with Gasteiger partial charge in [-0.1, -0.05) is 13.3 Å². The van der Waals surface area contributed by atoms with Crippen LogP contribution in [0.4, 0.5) is 0 Å². The van der Waals surface area contributed by atoms with Crippen LogP contribution in [0.5, 0.6) is 0 Å². The predicted molar refractivity (Wildman–Crippen MR) is 62.1 cm³/mol. The smallest absolute Gasteiger partial charge is 0.0667 e. The van der Waals surface area contributed by atoms with Crippen LogP contribution in [0.1, 0.15) is 39.5 Å². The molecule has 0 aromatic carbocycles. The molecule has 1 N–H and O–H groups in total. The quantitative estimate of drug-likeness (QED) is 0.734. The standard InChI is InChI=1S/C12H25NO2/c1-4-5-12-8-11(6-7-15-12)13-9-10(2)14-3/h10-13H,4-9H2,1-3H3. The summed E-state index contributed by atoms with van der Waals surface area (Å²) in [6.07, 6.45) is 5.47. The fourth-order valence-corrected chi connectivity index (χ4v) is 2.00. The van der Waals surface area contributed by atoms with Gasteiger partial charge in [-0.2, -0.15) is 0 Å². The summed E-state index contributed by atoms with van der Waals surface area (Å²) in [7, 11) is 1.76. The molecule has 1 heterocycles. The molecular formula is C12H25NO2.